The number of benzene rings is 2. The van der Waals surface area contributed by atoms with Crippen LogP contribution in [0, 0.1) is 11.8 Å². The molecule has 0 unspecified atom stereocenters. The number of nitrogens with zero attached hydrogens (tertiary/aromatic N) is 2. The fourth-order valence-corrected chi connectivity index (χ4v) is 5.50. The van der Waals surface area contributed by atoms with E-state index in [9.17, 15) is 8.42 Å². The molecule has 1 heterocycles. The van der Waals surface area contributed by atoms with Crippen molar-refractivity contribution in [2.24, 2.45) is 17.7 Å². The van der Waals surface area contributed by atoms with Gasteiger partial charge in [0.05, 0.1) is 10.4 Å². The van der Waals surface area contributed by atoms with Crippen LogP contribution in [0.3, 0.4) is 0 Å². The molecule has 1 fully saturated rings. The van der Waals surface area contributed by atoms with Crippen LogP contribution in [0.1, 0.15) is 33.1 Å². The molecule has 3 aromatic rings. The summed E-state index contributed by atoms with van der Waals surface area (Å²) in [5.74, 6) is 7.57. The van der Waals surface area contributed by atoms with Gasteiger partial charge in [0, 0.05) is 23.5 Å². The predicted octanol–water partition coefficient (Wildman–Crippen LogP) is 4.40. The van der Waals surface area contributed by atoms with Gasteiger partial charge in [0.15, 0.2) is 5.82 Å². The Morgan fingerprint density at radius 3 is 2.36 bits per heavy atom. The quantitative estimate of drug-likeness (QED) is 0.272. The third kappa shape index (κ3) is 6.32. The minimum atomic E-state index is -3.55. The van der Waals surface area contributed by atoms with Crippen LogP contribution in [0.5, 0.6) is 0 Å². The van der Waals surface area contributed by atoms with E-state index in [2.05, 4.69) is 25.4 Å². The maximum atomic E-state index is 12.5. The predicted molar refractivity (Wildman–Crippen MR) is 135 cm³/mol. The molecular weight excluding hydrogens is 460 g/mol. The van der Waals surface area contributed by atoms with Gasteiger partial charge < -0.3 is 10.7 Å². The number of rotatable bonds is 8. The van der Waals surface area contributed by atoms with E-state index in [1.165, 1.54) is 6.07 Å². The van der Waals surface area contributed by atoms with Crippen LogP contribution in [-0.4, -0.2) is 31.5 Å². The standard InChI is InChI=1S/C22H27ClN6O2S.CH4/c23-17-4-3-5-18(12-17)32(30,31)26-14-16-10-8-15(9-11-16)13-25-22-27-20-7-2-1-6-19(20)21(28-22)29-24;/h1-7,12,15-16,26H,8-11,13-14,24H2,(H2,25,27,28,29);1H4. The van der Waals surface area contributed by atoms with E-state index in [1.54, 1.807) is 18.2 Å². The Morgan fingerprint density at radius 2 is 1.67 bits per heavy atom. The smallest absolute Gasteiger partial charge is 0.240 e. The summed E-state index contributed by atoms with van der Waals surface area (Å²) < 4.78 is 27.7. The maximum Gasteiger partial charge on any atom is 0.240 e. The molecule has 4 rings (SSSR count). The molecule has 0 radical (unpaired) electrons. The van der Waals surface area contributed by atoms with Gasteiger partial charge in [0.25, 0.3) is 0 Å². The largest absolute Gasteiger partial charge is 0.354 e. The van der Waals surface area contributed by atoms with Crippen molar-refractivity contribution < 1.29 is 8.42 Å². The van der Waals surface area contributed by atoms with Crippen LogP contribution in [-0.2, 0) is 10.0 Å². The van der Waals surface area contributed by atoms with E-state index in [4.69, 9.17) is 17.4 Å². The summed E-state index contributed by atoms with van der Waals surface area (Å²) in [4.78, 5) is 9.24. The minimum absolute atomic E-state index is 0. The molecule has 0 spiro atoms. The van der Waals surface area contributed by atoms with Gasteiger partial charge in [0.2, 0.25) is 16.0 Å². The molecule has 1 aliphatic rings. The summed E-state index contributed by atoms with van der Waals surface area (Å²) >= 11 is 5.92. The van der Waals surface area contributed by atoms with E-state index in [1.807, 2.05) is 24.3 Å². The Hall–Kier alpha value is -2.46. The normalized spacial score (nSPS) is 18.5. The Balaban J connectivity index is 0.00000306. The molecule has 5 N–H and O–H groups in total. The lowest BCUT2D eigenvalue weighted by Gasteiger charge is -2.28. The number of nitrogen functional groups attached to an aromatic ring is 1. The lowest BCUT2D eigenvalue weighted by atomic mass is 9.82. The molecule has 0 saturated heterocycles. The molecule has 0 bridgehead atoms. The van der Waals surface area contributed by atoms with Crippen LogP contribution >= 0.6 is 11.6 Å². The van der Waals surface area contributed by atoms with E-state index >= 15 is 0 Å². The number of halogens is 1. The minimum Gasteiger partial charge on any atom is -0.354 e. The number of hydrazine groups is 1. The van der Waals surface area contributed by atoms with Crippen molar-refractivity contribution in [2.45, 2.75) is 38.0 Å². The van der Waals surface area contributed by atoms with Gasteiger partial charge in [-0.3, -0.25) is 0 Å². The van der Waals surface area contributed by atoms with E-state index < -0.39 is 10.0 Å². The molecule has 2 aromatic carbocycles. The van der Waals surface area contributed by atoms with Gasteiger partial charge in [0.1, 0.15) is 0 Å². The molecule has 0 atom stereocenters. The Labute approximate surface area is 200 Å². The summed E-state index contributed by atoms with van der Waals surface area (Å²) in [5, 5.41) is 4.62. The highest BCUT2D eigenvalue weighted by Crippen LogP contribution is 2.29. The number of nitrogens with two attached hydrogens (primary N) is 1. The lowest BCUT2D eigenvalue weighted by molar-refractivity contribution is 0.284. The Kier molecular flexibility index (Phi) is 8.47. The second-order valence-corrected chi connectivity index (χ2v) is 10.3. The molecule has 0 aliphatic heterocycles. The van der Waals surface area contributed by atoms with Crippen LogP contribution in [0.4, 0.5) is 11.8 Å². The van der Waals surface area contributed by atoms with E-state index in [-0.39, 0.29) is 12.3 Å². The number of hydrogen-bond acceptors (Lipinski definition) is 7. The van der Waals surface area contributed by atoms with Gasteiger partial charge in [-0.2, -0.15) is 4.98 Å². The molecule has 1 aliphatic carbocycles. The first-order valence-corrected chi connectivity index (χ1v) is 12.5. The van der Waals surface area contributed by atoms with E-state index in [0.717, 1.165) is 43.1 Å². The van der Waals surface area contributed by atoms with Crippen molar-refractivity contribution >= 4 is 44.3 Å². The number of hydrogen-bond donors (Lipinski definition) is 4. The zero-order valence-electron chi connectivity index (χ0n) is 17.6. The van der Waals surface area contributed by atoms with Crippen molar-refractivity contribution in [3.63, 3.8) is 0 Å². The fourth-order valence-electron chi connectivity index (χ4n) is 4.09. The molecular formula is C23H31ClN6O2S. The molecule has 10 heteroatoms. The summed E-state index contributed by atoms with van der Waals surface area (Å²) in [6.45, 7) is 1.21. The van der Waals surface area contributed by atoms with Gasteiger partial charge in [-0.05, 0) is 67.9 Å². The Bertz CT molecular complexity index is 1180. The van der Waals surface area contributed by atoms with Crippen LogP contribution in [0.15, 0.2) is 53.4 Å². The zero-order valence-corrected chi connectivity index (χ0v) is 19.2. The summed E-state index contributed by atoms with van der Waals surface area (Å²) in [6.07, 6.45) is 3.98. The molecule has 1 aromatic heterocycles. The third-order valence-corrected chi connectivity index (χ3v) is 7.58. The van der Waals surface area contributed by atoms with Crippen LogP contribution < -0.4 is 21.3 Å². The highest BCUT2D eigenvalue weighted by Gasteiger charge is 2.23. The zero-order chi connectivity index (χ0) is 22.6. The number of sulfonamides is 1. The molecule has 33 heavy (non-hydrogen) atoms. The molecule has 0 amide bonds. The highest BCUT2D eigenvalue weighted by atomic mass is 35.5. The molecule has 1 saturated carbocycles. The lowest BCUT2D eigenvalue weighted by Crippen LogP contribution is -2.32. The second kappa shape index (κ2) is 11.1. The van der Waals surface area contributed by atoms with Crippen molar-refractivity contribution in [1.29, 1.82) is 0 Å². The van der Waals surface area contributed by atoms with Gasteiger partial charge >= 0.3 is 0 Å². The summed E-state index contributed by atoms with van der Waals surface area (Å²) in [5.41, 5.74) is 3.47. The van der Waals surface area contributed by atoms with Crippen molar-refractivity contribution in [3.8, 4) is 0 Å². The first-order chi connectivity index (χ1) is 15.4. The summed E-state index contributed by atoms with van der Waals surface area (Å²) in [7, 11) is -3.55. The Morgan fingerprint density at radius 1 is 0.970 bits per heavy atom. The van der Waals surface area contributed by atoms with Crippen LogP contribution in [0.25, 0.3) is 10.9 Å². The number of fused-ring (bicyclic) bond motifs is 1. The first kappa shape index (κ1) is 25.2. The number of anilines is 2. The van der Waals surface area contributed by atoms with Crippen LogP contribution in [0.2, 0.25) is 5.02 Å². The number of nitrogens with one attached hydrogen (secondary N) is 3. The molecule has 8 nitrogen and oxygen atoms in total. The number of para-hydroxylation sites is 1. The maximum absolute atomic E-state index is 12.5. The average Bonchev–Trinajstić information content (AvgIpc) is 2.81. The molecule has 178 valence electrons. The summed E-state index contributed by atoms with van der Waals surface area (Å²) in [6, 6.07) is 14.0. The van der Waals surface area contributed by atoms with Crippen molar-refractivity contribution in [3.05, 3.63) is 53.6 Å². The van der Waals surface area contributed by atoms with Gasteiger partial charge in [-0.15, -0.1) is 0 Å². The van der Waals surface area contributed by atoms with Gasteiger partial charge in [-0.25, -0.2) is 24.0 Å². The average molecular weight is 491 g/mol. The highest BCUT2D eigenvalue weighted by molar-refractivity contribution is 7.89. The van der Waals surface area contributed by atoms with E-state index in [0.29, 0.717) is 35.2 Å². The first-order valence-electron chi connectivity index (χ1n) is 10.7. The second-order valence-electron chi connectivity index (χ2n) is 8.13. The van der Waals surface area contributed by atoms with Crippen molar-refractivity contribution in [1.82, 2.24) is 14.7 Å². The topological polar surface area (TPSA) is 122 Å². The number of aromatic nitrogens is 2. The SMILES string of the molecule is C.NNc1nc(NCC2CCC(CNS(=O)(=O)c3cccc(Cl)c3)CC2)nc2ccccc12. The van der Waals surface area contributed by atoms with Crippen molar-refractivity contribution in [2.75, 3.05) is 23.8 Å². The monoisotopic (exact) mass is 490 g/mol. The van der Waals surface area contributed by atoms with Gasteiger partial charge in [-0.1, -0.05) is 37.2 Å². The fraction of sp³-hybridized carbons (Fsp3) is 0.391. The third-order valence-electron chi connectivity index (χ3n) is 5.92.